The Morgan fingerprint density at radius 2 is 1.93 bits per heavy atom. The minimum Gasteiger partial charge on any atom is -0.393 e. The Morgan fingerprint density at radius 1 is 1.14 bits per heavy atom. The van der Waals surface area contributed by atoms with E-state index in [0.717, 1.165) is 19.3 Å². The molecule has 0 amide bonds. The van der Waals surface area contributed by atoms with E-state index in [4.69, 9.17) is 0 Å². The van der Waals surface area contributed by atoms with Crippen LogP contribution in [-0.4, -0.2) is 11.2 Å². The Bertz CT molecular complexity index is 302. The molecule has 1 aliphatic carbocycles. The third kappa shape index (κ3) is 2.46. The average Bonchev–Trinajstić information content (AvgIpc) is 2.63. The predicted molar refractivity (Wildman–Crippen MR) is 58.8 cm³/mol. The molecule has 1 aliphatic rings. The van der Waals surface area contributed by atoms with Crippen LogP contribution in [0, 0.1) is 5.92 Å². The highest BCUT2D eigenvalue weighted by atomic mass is 16.3. The third-order valence-electron chi connectivity index (χ3n) is 2.81. The average molecular weight is 188 g/mol. The van der Waals surface area contributed by atoms with Gasteiger partial charge in [-0.2, -0.15) is 0 Å². The zero-order chi connectivity index (χ0) is 9.80. The number of aliphatic hydroxyl groups excluding tert-OH is 1. The van der Waals surface area contributed by atoms with Crippen LogP contribution >= 0.6 is 0 Å². The van der Waals surface area contributed by atoms with E-state index in [0.29, 0.717) is 5.92 Å². The number of aliphatic hydroxyl groups is 1. The van der Waals surface area contributed by atoms with Crippen molar-refractivity contribution in [1.82, 2.24) is 0 Å². The van der Waals surface area contributed by atoms with Gasteiger partial charge in [-0.15, -0.1) is 0 Å². The highest BCUT2D eigenvalue weighted by molar-refractivity contribution is 5.49. The summed E-state index contributed by atoms with van der Waals surface area (Å²) in [5, 5.41) is 9.36. The van der Waals surface area contributed by atoms with Gasteiger partial charge in [-0.25, -0.2) is 0 Å². The number of rotatable bonds is 2. The molecule has 0 bridgehead atoms. The number of hydrogen-bond acceptors (Lipinski definition) is 1. The summed E-state index contributed by atoms with van der Waals surface area (Å²) in [4.78, 5) is 0. The van der Waals surface area contributed by atoms with Crippen molar-refractivity contribution in [2.75, 3.05) is 0 Å². The van der Waals surface area contributed by atoms with Crippen molar-refractivity contribution >= 4 is 6.08 Å². The van der Waals surface area contributed by atoms with Crippen LogP contribution in [0.15, 0.2) is 36.4 Å². The van der Waals surface area contributed by atoms with Gasteiger partial charge in [-0.1, -0.05) is 42.5 Å². The van der Waals surface area contributed by atoms with E-state index in [2.05, 4.69) is 24.3 Å². The molecule has 0 aliphatic heterocycles. The molecule has 1 saturated carbocycles. The number of allylic oxidation sites excluding steroid dienone is 1. The lowest BCUT2D eigenvalue weighted by Gasteiger charge is -2.01. The summed E-state index contributed by atoms with van der Waals surface area (Å²) in [5.41, 5.74) is 1.24. The molecule has 0 saturated heterocycles. The Balaban J connectivity index is 1.94. The lowest BCUT2D eigenvalue weighted by atomic mass is 10.1. The lowest BCUT2D eigenvalue weighted by molar-refractivity contribution is 0.180. The van der Waals surface area contributed by atoms with Gasteiger partial charge in [0.05, 0.1) is 6.10 Å². The number of hydrogen-bond donors (Lipinski definition) is 1. The van der Waals surface area contributed by atoms with Crippen molar-refractivity contribution in [3.8, 4) is 0 Å². The first-order valence-electron chi connectivity index (χ1n) is 5.26. The molecule has 1 aromatic rings. The molecular weight excluding hydrogens is 172 g/mol. The van der Waals surface area contributed by atoms with Crippen molar-refractivity contribution in [2.45, 2.75) is 25.4 Å². The summed E-state index contributed by atoms with van der Waals surface area (Å²) in [5.74, 6) is 0.574. The summed E-state index contributed by atoms with van der Waals surface area (Å²) in [7, 11) is 0. The molecule has 1 nitrogen and oxygen atoms in total. The van der Waals surface area contributed by atoms with Crippen LogP contribution < -0.4 is 0 Å². The molecular formula is C13H16O. The Labute approximate surface area is 85.1 Å². The van der Waals surface area contributed by atoms with Crippen LogP contribution in [0.2, 0.25) is 0 Å². The lowest BCUT2D eigenvalue weighted by Crippen LogP contribution is -1.98. The van der Waals surface area contributed by atoms with E-state index >= 15 is 0 Å². The zero-order valence-electron chi connectivity index (χ0n) is 8.26. The van der Waals surface area contributed by atoms with E-state index in [9.17, 15) is 5.11 Å². The summed E-state index contributed by atoms with van der Waals surface area (Å²) in [6, 6.07) is 10.3. The van der Waals surface area contributed by atoms with Crippen LogP contribution in [-0.2, 0) is 0 Å². The van der Waals surface area contributed by atoms with Gasteiger partial charge in [-0.05, 0) is 30.7 Å². The first-order chi connectivity index (χ1) is 6.84. The van der Waals surface area contributed by atoms with Crippen molar-refractivity contribution in [1.29, 1.82) is 0 Å². The van der Waals surface area contributed by atoms with Gasteiger partial charge in [0.25, 0.3) is 0 Å². The molecule has 1 aromatic carbocycles. The standard InChI is InChI=1S/C13H16O/c14-13-9-8-12(10-13)7-6-11-4-2-1-3-5-11/h1-7,12-14H,8-10H2/b7-6+/t12-,13-/m1/s1. The predicted octanol–water partition coefficient (Wildman–Crippen LogP) is 2.86. The number of benzene rings is 1. The molecule has 0 radical (unpaired) electrons. The minimum atomic E-state index is -0.0691. The van der Waals surface area contributed by atoms with Gasteiger partial charge < -0.3 is 5.11 Å². The van der Waals surface area contributed by atoms with Crippen LogP contribution in [0.1, 0.15) is 24.8 Å². The van der Waals surface area contributed by atoms with Gasteiger partial charge in [-0.3, -0.25) is 0 Å². The fraction of sp³-hybridized carbons (Fsp3) is 0.385. The van der Waals surface area contributed by atoms with Crippen LogP contribution in [0.4, 0.5) is 0 Å². The largest absolute Gasteiger partial charge is 0.393 e. The van der Waals surface area contributed by atoms with Crippen molar-refractivity contribution in [3.63, 3.8) is 0 Å². The van der Waals surface area contributed by atoms with Crippen molar-refractivity contribution in [2.24, 2.45) is 5.92 Å². The van der Waals surface area contributed by atoms with E-state index in [1.807, 2.05) is 18.2 Å². The second kappa shape index (κ2) is 4.43. The van der Waals surface area contributed by atoms with E-state index in [1.54, 1.807) is 0 Å². The minimum absolute atomic E-state index is 0.0691. The second-order valence-corrected chi connectivity index (χ2v) is 4.00. The normalized spacial score (nSPS) is 27.2. The molecule has 14 heavy (non-hydrogen) atoms. The fourth-order valence-electron chi connectivity index (χ4n) is 1.98. The maximum absolute atomic E-state index is 9.36. The zero-order valence-corrected chi connectivity index (χ0v) is 8.26. The molecule has 74 valence electrons. The first-order valence-corrected chi connectivity index (χ1v) is 5.26. The van der Waals surface area contributed by atoms with Gasteiger partial charge in [0, 0.05) is 0 Å². The molecule has 0 heterocycles. The smallest absolute Gasteiger partial charge is 0.0546 e. The van der Waals surface area contributed by atoms with Crippen LogP contribution in [0.25, 0.3) is 6.08 Å². The highest BCUT2D eigenvalue weighted by Gasteiger charge is 2.19. The Kier molecular flexibility index (Phi) is 3.00. The fourth-order valence-corrected chi connectivity index (χ4v) is 1.98. The molecule has 1 N–H and O–H groups in total. The summed E-state index contributed by atoms with van der Waals surface area (Å²) >= 11 is 0. The highest BCUT2D eigenvalue weighted by Crippen LogP contribution is 2.26. The molecule has 2 atom stereocenters. The van der Waals surface area contributed by atoms with E-state index in [-0.39, 0.29) is 6.10 Å². The van der Waals surface area contributed by atoms with E-state index in [1.165, 1.54) is 5.56 Å². The van der Waals surface area contributed by atoms with Crippen molar-refractivity contribution < 1.29 is 5.11 Å². The third-order valence-corrected chi connectivity index (χ3v) is 2.81. The van der Waals surface area contributed by atoms with Crippen molar-refractivity contribution in [3.05, 3.63) is 42.0 Å². The van der Waals surface area contributed by atoms with E-state index < -0.39 is 0 Å². The Morgan fingerprint density at radius 3 is 2.57 bits per heavy atom. The van der Waals surface area contributed by atoms with Gasteiger partial charge >= 0.3 is 0 Å². The Hall–Kier alpha value is -1.08. The maximum atomic E-state index is 9.36. The molecule has 0 aromatic heterocycles. The summed E-state index contributed by atoms with van der Waals surface area (Å²) in [6.07, 6.45) is 7.34. The van der Waals surface area contributed by atoms with Crippen LogP contribution in [0.3, 0.4) is 0 Å². The SMILES string of the molecule is O[C@@H]1CC[C@@H](/C=C/c2ccccc2)C1. The molecule has 2 rings (SSSR count). The van der Waals surface area contributed by atoms with Crippen LogP contribution in [0.5, 0.6) is 0 Å². The second-order valence-electron chi connectivity index (χ2n) is 4.00. The molecule has 1 heteroatoms. The monoisotopic (exact) mass is 188 g/mol. The maximum Gasteiger partial charge on any atom is 0.0546 e. The molecule has 0 spiro atoms. The summed E-state index contributed by atoms with van der Waals surface area (Å²) in [6.45, 7) is 0. The van der Waals surface area contributed by atoms with Gasteiger partial charge in [0.2, 0.25) is 0 Å². The molecule has 1 fully saturated rings. The van der Waals surface area contributed by atoms with Gasteiger partial charge in [0.1, 0.15) is 0 Å². The quantitative estimate of drug-likeness (QED) is 0.756. The first kappa shape index (κ1) is 9.47. The summed E-state index contributed by atoms with van der Waals surface area (Å²) < 4.78 is 0. The molecule has 0 unspecified atom stereocenters. The topological polar surface area (TPSA) is 20.2 Å². The van der Waals surface area contributed by atoms with Gasteiger partial charge in [0.15, 0.2) is 0 Å².